The van der Waals surface area contributed by atoms with E-state index in [4.69, 9.17) is 24.3 Å². The van der Waals surface area contributed by atoms with Crippen LogP contribution in [0.25, 0.3) is 11.2 Å². The number of hydrogen-bond acceptors (Lipinski definition) is 9. The number of nitrogens with two attached hydrogens (primary N) is 1. The molecule has 0 bridgehead atoms. The van der Waals surface area contributed by atoms with E-state index in [0.29, 0.717) is 29.4 Å². The van der Waals surface area contributed by atoms with Crippen molar-refractivity contribution in [2.75, 3.05) is 18.9 Å². The van der Waals surface area contributed by atoms with Crippen LogP contribution < -0.4 is 15.0 Å². The topological polar surface area (TPSA) is 124 Å². The Hall–Kier alpha value is -2.81. The monoisotopic (exact) mass is 432 g/mol. The second-order valence-electron chi connectivity index (χ2n) is 6.93. The van der Waals surface area contributed by atoms with E-state index in [1.54, 1.807) is 30.6 Å². The summed E-state index contributed by atoms with van der Waals surface area (Å²) in [7, 11) is -2.29. The molecule has 158 valence electrons. The van der Waals surface area contributed by atoms with Gasteiger partial charge in [0.2, 0.25) is 11.8 Å². The number of rotatable bonds is 8. The molecule has 30 heavy (non-hydrogen) atoms. The molecule has 0 radical (unpaired) electrons. The van der Waals surface area contributed by atoms with Crippen LogP contribution in [0.5, 0.6) is 11.6 Å². The average Bonchev–Trinajstić information content (AvgIpc) is 3.30. The first kappa shape index (κ1) is 20.5. The largest absolute Gasteiger partial charge is 0.750 e. The molecule has 3 aromatic rings. The number of ether oxygens (including phenoxy) is 2. The normalized spacial score (nSPS) is 21.7. The summed E-state index contributed by atoms with van der Waals surface area (Å²) >= 11 is 0. The third-order valence-electron chi connectivity index (χ3n) is 4.70. The number of imidazole rings is 1. The van der Waals surface area contributed by atoms with Crippen molar-refractivity contribution in [3.63, 3.8) is 0 Å². The molecule has 1 aliphatic rings. The fraction of sp³-hybridized carbons (Fsp3) is 0.421. The summed E-state index contributed by atoms with van der Waals surface area (Å²) in [5, 5.41) is 0. The number of hydrogen-bond donors (Lipinski definition) is 1. The van der Waals surface area contributed by atoms with Gasteiger partial charge in [-0.15, -0.1) is 4.52 Å². The van der Waals surface area contributed by atoms with Crippen LogP contribution in [0.3, 0.4) is 0 Å². The Kier molecular flexibility index (Phi) is 6.08. The lowest BCUT2D eigenvalue weighted by Crippen LogP contribution is -2.16. The fourth-order valence-electron chi connectivity index (χ4n) is 3.43. The SMILES string of the molecule is CCOc1nc(N)nc2c1ncn2C1O[C@H](CO[P+](=O)Oc2ccccc2)C[C@@H]1C. The summed E-state index contributed by atoms with van der Waals surface area (Å²) < 4.78 is 36.2. The molecule has 0 spiro atoms. The third kappa shape index (κ3) is 4.35. The van der Waals surface area contributed by atoms with Gasteiger partial charge in [-0.1, -0.05) is 25.1 Å². The molecular formula is C19H23N5O5P+. The van der Waals surface area contributed by atoms with Gasteiger partial charge in [0.15, 0.2) is 16.9 Å². The Balaban J connectivity index is 1.42. The number of para-hydroxylation sites is 1. The highest BCUT2D eigenvalue weighted by Gasteiger charge is 2.37. The predicted octanol–water partition coefficient (Wildman–Crippen LogP) is 3.48. The van der Waals surface area contributed by atoms with Crippen molar-refractivity contribution >= 4 is 25.4 Å². The minimum Gasteiger partial charge on any atom is -0.476 e. The summed E-state index contributed by atoms with van der Waals surface area (Å²) in [5.74, 6) is 1.09. The van der Waals surface area contributed by atoms with Gasteiger partial charge in [0.25, 0.3) is 0 Å². The lowest BCUT2D eigenvalue weighted by atomic mass is 10.1. The minimum atomic E-state index is -2.29. The summed E-state index contributed by atoms with van der Waals surface area (Å²) in [6, 6.07) is 8.88. The Bertz CT molecular complexity index is 1030. The first-order valence-electron chi connectivity index (χ1n) is 9.66. The zero-order valence-electron chi connectivity index (χ0n) is 16.7. The van der Waals surface area contributed by atoms with Crippen LogP contribution in [-0.4, -0.2) is 38.8 Å². The molecular weight excluding hydrogens is 409 g/mol. The van der Waals surface area contributed by atoms with Crippen molar-refractivity contribution in [2.45, 2.75) is 32.6 Å². The highest BCUT2D eigenvalue weighted by molar-refractivity contribution is 7.33. The van der Waals surface area contributed by atoms with Gasteiger partial charge >= 0.3 is 8.25 Å². The van der Waals surface area contributed by atoms with E-state index in [1.807, 2.05) is 17.6 Å². The number of nitrogens with zero attached hydrogens (tertiary/aromatic N) is 4. The molecule has 2 unspecified atom stereocenters. The maximum absolute atomic E-state index is 12.1. The van der Waals surface area contributed by atoms with Gasteiger partial charge in [-0.2, -0.15) is 9.97 Å². The molecule has 3 heterocycles. The predicted molar refractivity (Wildman–Crippen MR) is 109 cm³/mol. The Morgan fingerprint density at radius 3 is 2.87 bits per heavy atom. The van der Waals surface area contributed by atoms with Crippen molar-refractivity contribution in [3.8, 4) is 11.6 Å². The first-order chi connectivity index (χ1) is 14.5. The second-order valence-corrected chi connectivity index (χ2v) is 7.82. The van der Waals surface area contributed by atoms with Crippen LogP contribution in [0.2, 0.25) is 0 Å². The molecule has 0 aliphatic carbocycles. The Labute approximate surface area is 174 Å². The molecule has 4 atom stereocenters. The average molecular weight is 432 g/mol. The van der Waals surface area contributed by atoms with Crippen LogP contribution in [0, 0.1) is 5.92 Å². The minimum absolute atomic E-state index is 0.105. The maximum Gasteiger partial charge on any atom is 0.750 e. The summed E-state index contributed by atoms with van der Waals surface area (Å²) in [6.07, 6.45) is 1.80. The molecule has 1 saturated heterocycles. The summed E-state index contributed by atoms with van der Waals surface area (Å²) in [5.41, 5.74) is 6.91. The number of nitrogen functional groups attached to an aromatic ring is 1. The van der Waals surface area contributed by atoms with Crippen LogP contribution in [0.1, 0.15) is 26.5 Å². The Morgan fingerprint density at radius 2 is 2.10 bits per heavy atom. The van der Waals surface area contributed by atoms with Crippen molar-refractivity contribution in [1.82, 2.24) is 19.5 Å². The van der Waals surface area contributed by atoms with Crippen LogP contribution >= 0.6 is 8.25 Å². The number of anilines is 1. The molecule has 2 aromatic heterocycles. The van der Waals surface area contributed by atoms with Crippen LogP contribution in [0.15, 0.2) is 36.7 Å². The van der Waals surface area contributed by atoms with Gasteiger partial charge < -0.3 is 15.2 Å². The molecule has 11 heteroatoms. The van der Waals surface area contributed by atoms with Crippen LogP contribution in [-0.2, 0) is 13.8 Å². The standard InChI is InChI=1S/C19H23N5O5P/c1-3-26-17-15-16(22-19(20)23-17)24(11-21-15)18-12(2)9-14(28-18)10-27-30(25)29-13-7-5-4-6-8-13/h4-8,11-12,14,18H,3,9-10H2,1-2H3,(H2,20,22,23)/q+1/t12-,14-,18?/m0/s1. The molecule has 10 nitrogen and oxygen atoms in total. The molecule has 0 saturated carbocycles. The number of benzene rings is 1. The van der Waals surface area contributed by atoms with Crippen molar-refractivity contribution in [2.24, 2.45) is 5.92 Å². The van der Waals surface area contributed by atoms with Gasteiger partial charge in [0, 0.05) is 10.5 Å². The zero-order chi connectivity index (χ0) is 21.1. The first-order valence-corrected chi connectivity index (χ1v) is 10.8. The molecule has 2 N–H and O–H groups in total. The van der Waals surface area contributed by atoms with E-state index in [-0.39, 0.29) is 30.8 Å². The second kappa shape index (κ2) is 8.91. The van der Waals surface area contributed by atoms with E-state index >= 15 is 0 Å². The lowest BCUT2D eigenvalue weighted by molar-refractivity contribution is -0.0253. The summed E-state index contributed by atoms with van der Waals surface area (Å²) in [6.45, 7) is 4.51. The quantitative estimate of drug-likeness (QED) is 0.533. The van der Waals surface area contributed by atoms with Gasteiger partial charge in [-0.25, -0.2) is 9.51 Å². The van der Waals surface area contributed by atoms with Crippen molar-refractivity contribution in [1.29, 1.82) is 0 Å². The molecule has 1 aliphatic heterocycles. The van der Waals surface area contributed by atoms with Gasteiger partial charge in [0.05, 0.1) is 19.0 Å². The molecule has 4 rings (SSSR count). The number of fused-ring (bicyclic) bond motifs is 1. The van der Waals surface area contributed by atoms with Gasteiger partial charge in [-0.3, -0.25) is 4.57 Å². The fourth-order valence-corrected chi connectivity index (χ4v) is 4.07. The third-order valence-corrected chi connectivity index (χ3v) is 5.42. The van der Waals surface area contributed by atoms with E-state index < -0.39 is 8.25 Å². The summed E-state index contributed by atoms with van der Waals surface area (Å²) in [4.78, 5) is 12.8. The van der Waals surface area contributed by atoms with Gasteiger partial charge in [0.1, 0.15) is 12.8 Å². The number of aromatic nitrogens is 4. The maximum atomic E-state index is 12.1. The van der Waals surface area contributed by atoms with Crippen LogP contribution in [0.4, 0.5) is 5.95 Å². The smallest absolute Gasteiger partial charge is 0.476 e. The van der Waals surface area contributed by atoms with E-state index in [1.165, 1.54) is 0 Å². The molecule has 0 amide bonds. The van der Waals surface area contributed by atoms with E-state index in [2.05, 4.69) is 21.9 Å². The van der Waals surface area contributed by atoms with Gasteiger partial charge in [-0.05, 0) is 25.5 Å². The molecule has 1 fully saturated rings. The Morgan fingerprint density at radius 1 is 1.30 bits per heavy atom. The van der Waals surface area contributed by atoms with Crippen molar-refractivity contribution in [3.05, 3.63) is 36.7 Å². The molecule has 1 aromatic carbocycles. The van der Waals surface area contributed by atoms with E-state index in [0.717, 1.165) is 6.42 Å². The lowest BCUT2D eigenvalue weighted by Gasteiger charge is -2.17. The van der Waals surface area contributed by atoms with E-state index in [9.17, 15) is 4.57 Å². The zero-order valence-corrected chi connectivity index (χ0v) is 17.6. The van der Waals surface area contributed by atoms with Crippen molar-refractivity contribution < 1.29 is 23.1 Å². The highest BCUT2D eigenvalue weighted by Crippen LogP contribution is 2.38. The highest BCUT2D eigenvalue weighted by atomic mass is 31.1.